The number of nitrogens with zero attached hydrogens (tertiary/aromatic N) is 3. The summed E-state index contributed by atoms with van der Waals surface area (Å²) in [7, 11) is 3.39. The monoisotopic (exact) mass is 416 g/mol. The molecular formula is C25H28N4O2. The number of hydrogen-bond donors (Lipinski definition) is 1. The van der Waals surface area contributed by atoms with Crippen LogP contribution in [-0.4, -0.2) is 40.1 Å². The van der Waals surface area contributed by atoms with Crippen molar-refractivity contribution in [1.29, 1.82) is 0 Å². The Labute approximate surface area is 182 Å². The van der Waals surface area contributed by atoms with Crippen LogP contribution in [0.15, 0.2) is 54.6 Å². The van der Waals surface area contributed by atoms with Crippen LogP contribution in [0.2, 0.25) is 0 Å². The second-order valence-corrected chi connectivity index (χ2v) is 8.26. The summed E-state index contributed by atoms with van der Waals surface area (Å²) in [5, 5.41) is 3.90. The van der Waals surface area contributed by atoms with Crippen LogP contribution in [0.4, 0.5) is 10.5 Å². The SMILES string of the molecule is CCc1ccc(NC(=O)c2cc3c(c4ccccc4n3C(C)C)n2C(=O)N(C)C)cc1. The molecule has 0 bridgehead atoms. The number of amides is 2. The summed E-state index contributed by atoms with van der Waals surface area (Å²) in [4.78, 5) is 28.0. The van der Waals surface area contributed by atoms with Crippen LogP contribution >= 0.6 is 0 Å². The molecule has 1 N–H and O–H groups in total. The first-order valence-electron chi connectivity index (χ1n) is 10.6. The Balaban J connectivity index is 1.91. The molecule has 0 atom stereocenters. The number of nitrogens with one attached hydrogen (secondary N) is 1. The minimum absolute atomic E-state index is 0.171. The molecule has 0 unspecified atom stereocenters. The van der Waals surface area contributed by atoms with Crippen molar-refractivity contribution in [2.24, 2.45) is 0 Å². The second-order valence-electron chi connectivity index (χ2n) is 8.26. The molecule has 0 aliphatic heterocycles. The summed E-state index contributed by atoms with van der Waals surface area (Å²) >= 11 is 0. The third kappa shape index (κ3) is 3.48. The van der Waals surface area contributed by atoms with E-state index in [0.29, 0.717) is 11.4 Å². The van der Waals surface area contributed by atoms with E-state index in [1.54, 1.807) is 14.1 Å². The molecule has 31 heavy (non-hydrogen) atoms. The Morgan fingerprint density at radius 3 is 2.29 bits per heavy atom. The van der Waals surface area contributed by atoms with Crippen molar-refractivity contribution in [2.45, 2.75) is 33.2 Å². The molecule has 0 spiro atoms. The molecule has 2 amide bonds. The quantitative estimate of drug-likeness (QED) is 0.476. The third-order valence-corrected chi connectivity index (χ3v) is 5.60. The van der Waals surface area contributed by atoms with E-state index in [-0.39, 0.29) is 18.0 Å². The Bertz CT molecular complexity index is 1280. The number of benzene rings is 2. The van der Waals surface area contributed by atoms with Gasteiger partial charge in [-0.1, -0.05) is 37.3 Å². The van der Waals surface area contributed by atoms with E-state index < -0.39 is 0 Å². The minimum atomic E-state index is -0.310. The van der Waals surface area contributed by atoms with Crippen molar-refractivity contribution in [3.8, 4) is 0 Å². The lowest BCUT2D eigenvalue weighted by atomic mass is 10.1. The topological polar surface area (TPSA) is 59.3 Å². The van der Waals surface area contributed by atoms with Crippen molar-refractivity contribution in [2.75, 3.05) is 19.4 Å². The molecule has 0 saturated heterocycles. The number of aromatic nitrogens is 2. The molecule has 0 aliphatic carbocycles. The Morgan fingerprint density at radius 2 is 1.68 bits per heavy atom. The van der Waals surface area contributed by atoms with Crippen molar-refractivity contribution >= 4 is 39.6 Å². The van der Waals surface area contributed by atoms with Gasteiger partial charge in [-0.2, -0.15) is 0 Å². The van der Waals surface area contributed by atoms with Gasteiger partial charge in [-0.05, 0) is 50.1 Å². The summed E-state index contributed by atoms with van der Waals surface area (Å²) in [5.74, 6) is -0.310. The molecular weight excluding hydrogens is 388 g/mol. The van der Waals surface area contributed by atoms with Gasteiger partial charge in [0.05, 0.1) is 16.6 Å². The zero-order chi connectivity index (χ0) is 22.3. The van der Waals surface area contributed by atoms with Crippen molar-refractivity contribution in [1.82, 2.24) is 14.0 Å². The highest BCUT2D eigenvalue weighted by Crippen LogP contribution is 2.34. The van der Waals surface area contributed by atoms with Crippen LogP contribution in [0.1, 0.15) is 42.9 Å². The van der Waals surface area contributed by atoms with Gasteiger partial charge >= 0.3 is 6.03 Å². The highest BCUT2D eigenvalue weighted by Gasteiger charge is 2.26. The van der Waals surface area contributed by atoms with Gasteiger partial charge in [-0.3, -0.25) is 9.36 Å². The fourth-order valence-corrected chi connectivity index (χ4v) is 4.09. The predicted octanol–water partition coefficient (Wildman–Crippen LogP) is 5.52. The maximum absolute atomic E-state index is 13.3. The number of anilines is 1. The molecule has 2 heterocycles. The van der Waals surface area contributed by atoms with Crippen molar-refractivity contribution in [3.05, 3.63) is 65.9 Å². The Morgan fingerprint density at radius 1 is 1.00 bits per heavy atom. The zero-order valence-corrected chi connectivity index (χ0v) is 18.6. The molecule has 6 nitrogen and oxygen atoms in total. The molecule has 2 aromatic carbocycles. The summed E-state index contributed by atoms with van der Waals surface area (Å²) in [5.41, 5.74) is 4.90. The molecule has 0 fully saturated rings. The van der Waals surface area contributed by atoms with Crippen LogP contribution in [0, 0.1) is 0 Å². The van der Waals surface area contributed by atoms with Crippen LogP contribution in [0.3, 0.4) is 0 Å². The molecule has 2 aromatic heterocycles. The van der Waals surface area contributed by atoms with Gasteiger partial charge in [0.2, 0.25) is 0 Å². The molecule has 160 valence electrons. The number of carbonyl (C=O) groups is 2. The fraction of sp³-hybridized carbons (Fsp3) is 0.280. The lowest BCUT2D eigenvalue weighted by molar-refractivity contribution is 0.101. The molecule has 6 heteroatoms. The maximum Gasteiger partial charge on any atom is 0.328 e. The van der Waals surface area contributed by atoms with Gasteiger partial charge in [-0.15, -0.1) is 0 Å². The normalized spacial score (nSPS) is 11.4. The Kier molecular flexibility index (Phi) is 5.31. The van der Waals surface area contributed by atoms with Crippen molar-refractivity contribution in [3.63, 3.8) is 0 Å². The van der Waals surface area contributed by atoms with Gasteiger partial charge in [0, 0.05) is 31.2 Å². The van der Waals surface area contributed by atoms with E-state index in [1.165, 1.54) is 15.0 Å². The number of rotatable bonds is 4. The van der Waals surface area contributed by atoms with E-state index in [2.05, 4.69) is 36.7 Å². The maximum atomic E-state index is 13.3. The van der Waals surface area contributed by atoms with E-state index in [4.69, 9.17) is 0 Å². The first kappa shape index (κ1) is 20.7. The zero-order valence-electron chi connectivity index (χ0n) is 18.6. The molecule has 0 aliphatic rings. The van der Waals surface area contributed by atoms with E-state index in [1.807, 2.05) is 48.5 Å². The van der Waals surface area contributed by atoms with Crippen LogP contribution in [0.25, 0.3) is 21.9 Å². The predicted molar refractivity (Wildman–Crippen MR) is 126 cm³/mol. The highest BCUT2D eigenvalue weighted by molar-refractivity contribution is 6.16. The van der Waals surface area contributed by atoms with Gasteiger partial charge in [0.1, 0.15) is 5.69 Å². The average Bonchev–Trinajstić information content (AvgIpc) is 3.28. The lowest BCUT2D eigenvalue weighted by Gasteiger charge is -2.15. The van der Waals surface area contributed by atoms with E-state index >= 15 is 0 Å². The third-order valence-electron chi connectivity index (χ3n) is 5.60. The van der Waals surface area contributed by atoms with Gasteiger partial charge in [-0.25, -0.2) is 4.79 Å². The summed E-state index contributed by atoms with van der Waals surface area (Å²) in [6.45, 7) is 6.30. The van der Waals surface area contributed by atoms with Gasteiger partial charge < -0.3 is 14.8 Å². The van der Waals surface area contributed by atoms with Crippen LogP contribution < -0.4 is 5.32 Å². The number of para-hydroxylation sites is 1. The highest BCUT2D eigenvalue weighted by atomic mass is 16.2. The average molecular weight is 417 g/mol. The largest absolute Gasteiger partial charge is 0.337 e. The van der Waals surface area contributed by atoms with Gasteiger partial charge in [0.25, 0.3) is 5.91 Å². The number of hydrogen-bond acceptors (Lipinski definition) is 2. The molecule has 0 saturated carbocycles. The second kappa shape index (κ2) is 7.95. The minimum Gasteiger partial charge on any atom is -0.337 e. The van der Waals surface area contributed by atoms with Crippen LogP contribution in [-0.2, 0) is 6.42 Å². The number of fused-ring (bicyclic) bond motifs is 3. The van der Waals surface area contributed by atoms with E-state index in [9.17, 15) is 9.59 Å². The first-order valence-corrected chi connectivity index (χ1v) is 10.6. The molecule has 4 aromatic rings. The summed E-state index contributed by atoms with van der Waals surface area (Å²) in [6.07, 6.45) is 0.936. The van der Waals surface area contributed by atoms with Gasteiger partial charge in [0.15, 0.2) is 0 Å². The standard InChI is InChI=1S/C25H28N4O2/c1-6-17-11-13-18(14-12-17)26-24(30)22-15-21-23(29(22)25(31)27(4)5)19-9-7-8-10-20(19)28(21)16(2)3/h7-16H,6H2,1-5H3,(H,26,30). The summed E-state index contributed by atoms with van der Waals surface area (Å²) < 4.78 is 3.71. The van der Waals surface area contributed by atoms with Crippen molar-refractivity contribution < 1.29 is 9.59 Å². The molecule has 4 rings (SSSR count). The number of aryl methyl sites for hydroxylation is 1. The first-order chi connectivity index (χ1) is 14.8. The molecule has 0 radical (unpaired) electrons. The van der Waals surface area contributed by atoms with Crippen LogP contribution in [0.5, 0.6) is 0 Å². The number of carbonyl (C=O) groups excluding carboxylic acids is 2. The Hall–Kier alpha value is -3.54. The van der Waals surface area contributed by atoms with E-state index in [0.717, 1.165) is 28.4 Å². The fourth-order valence-electron chi connectivity index (χ4n) is 4.09. The lowest BCUT2D eigenvalue weighted by Crippen LogP contribution is -2.30. The smallest absolute Gasteiger partial charge is 0.328 e. The summed E-state index contributed by atoms with van der Waals surface area (Å²) in [6, 6.07) is 17.5.